The number of carbonyl (C=O) groups is 1. The molecule has 0 fully saturated rings. The summed E-state index contributed by atoms with van der Waals surface area (Å²) in [5.74, 6) is -4.73. The second kappa shape index (κ2) is 9.49. The number of benzene rings is 3. The molecule has 0 atom stereocenters. The molecule has 3 aromatic carbocycles. The molecule has 0 aliphatic rings. The summed E-state index contributed by atoms with van der Waals surface area (Å²) in [7, 11) is 1.26. The predicted octanol–water partition coefficient (Wildman–Crippen LogP) is 6.11. The van der Waals surface area contributed by atoms with Crippen LogP contribution in [-0.2, 0) is 17.5 Å². The lowest BCUT2D eigenvalue weighted by Crippen LogP contribution is -2.15. The van der Waals surface area contributed by atoms with Gasteiger partial charge in [-0.3, -0.25) is 4.79 Å². The fraction of sp³-hybridized carbons (Fsp3) is 0.120. The van der Waals surface area contributed by atoms with E-state index in [2.05, 4.69) is 4.74 Å². The highest BCUT2D eigenvalue weighted by molar-refractivity contribution is 5.89. The summed E-state index contributed by atoms with van der Waals surface area (Å²) in [6.45, 7) is 0.0256. The van der Waals surface area contributed by atoms with Gasteiger partial charge in [0.05, 0.1) is 18.1 Å². The standard InChI is InChI=1S/C25H16F4O6/c1-32-24(31)15-8-6-14(7-9-15)13-33-16-10-11-17-20(12-16)35-23(25(27,28)29)22(21(17)30)34-19-5-3-2-4-18(19)26/h2-12H,13H2,1H3. The van der Waals surface area contributed by atoms with Crippen molar-refractivity contribution in [3.63, 3.8) is 0 Å². The maximum Gasteiger partial charge on any atom is 0.453 e. The molecule has 4 aromatic rings. The molecule has 0 amide bonds. The minimum Gasteiger partial charge on any atom is -0.489 e. The van der Waals surface area contributed by atoms with E-state index in [1.165, 1.54) is 43.5 Å². The lowest BCUT2D eigenvalue weighted by molar-refractivity contribution is -0.154. The molecule has 0 unspecified atom stereocenters. The van der Waals surface area contributed by atoms with Gasteiger partial charge in [0.15, 0.2) is 11.6 Å². The van der Waals surface area contributed by atoms with E-state index in [-0.39, 0.29) is 23.3 Å². The van der Waals surface area contributed by atoms with E-state index in [0.29, 0.717) is 11.1 Å². The zero-order valence-electron chi connectivity index (χ0n) is 18.0. The third-order valence-electron chi connectivity index (χ3n) is 4.91. The van der Waals surface area contributed by atoms with E-state index in [1.54, 1.807) is 12.1 Å². The molecule has 0 saturated heterocycles. The molecule has 0 N–H and O–H groups in total. The van der Waals surface area contributed by atoms with Crippen LogP contribution in [0.5, 0.6) is 17.2 Å². The molecule has 4 rings (SSSR count). The normalized spacial score (nSPS) is 11.3. The van der Waals surface area contributed by atoms with Gasteiger partial charge in [-0.15, -0.1) is 0 Å². The molecule has 0 aliphatic heterocycles. The zero-order valence-corrected chi connectivity index (χ0v) is 18.0. The fourth-order valence-corrected chi connectivity index (χ4v) is 3.18. The number of para-hydroxylation sites is 1. The van der Waals surface area contributed by atoms with E-state index < -0.39 is 40.7 Å². The van der Waals surface area contributed by atoms with Crippen LogP contribution in [0, 0.1) is 5.82 Å². The van der Waals surface area contributed by atoms with Gasteiger partial charge in [0, 0.05) is 6.07 Å². The monoisotopic (exact) mass is 488 g/mol. The summed E-state index contributed by atoms with van der Waals surface area (Å²) in [4.78, 5) is 24.3. The van der Waals surface area contributed by atoms with Crippen molar-refractivity contribution in [2.24, 2.45) is 0 Å². The van der Waals surface area contributed by atoms with Crippen molar-refractivity contribution >= 4 is 16.9 Å². The van der Waals surface area contributed by atoms with Crippen LogP contribution in [0.15, 0.2) is 75.9 Å². The van der Waals surface area contributed by atoms with Gasteiger partial charge in [0.1, 0.15) is 17.9 Å². The van der Waals surface area contributed by atoms with E-state index in [1.807, 2.05) is 0 Å². The van der Waals surface area contributed by atoms with Gasteiger partial charge in [0.25, 0.3) is 5.76 Å². The maximum absolute atomic E-state index is 13.9. The number of hydrogen-bond donors (Lipinski definition) is 0. The second-order valence-corrected chi connectivity index (χ2v) is 7.25. The molecule has 0 aliphatic carbocycles. The lowest BCUT2D eigenvalue weighted by Gasteiger charge is -2.14. The van der Waals surface area contributed by atoms with Crippen molar-refractivity contribution < 1.29 is 41.0 Å². The van der Waals surface area contributed by atoms with Crippen molar-refractivity contribution in [1.82, 2.24) is 0 Å². The van der Waals surface area contributed by atoms with Crippen molar-refractivity contribution in [3.05, 3.63) is 99.7 Å². The SMILES string of the molecule is COC(=O)c1ccc(COc2ccc3c(=O)c(Oc4ccccc4F)c(C(F)(F)F)oc3c2)cc1. The fourth-order valence-electron chi connectivity index (χ4n) is 3.18. The smallest absolute Gasteiger partial charge is 0.453 e. The Bertz CT molecular complexity index is 1440. The number of carbonyl (C=O) groups excluding carboxylic acids is 1. The first-order valence-electron chi connectivity index (χ1n) is 10.1. The van der Waals surface area contributed by atoms with Crippen LogP contribution in [0.1, 0.15) is 21.7 Å². The van der Waals surface area contributed by atoms with Crippen LogP contribution >= 0.6 is 0 Å². The van der Waals surface area contributed by atoms with Crippen molar-refractivity contribution in [2.75, 3.05) is 7.11 Å². The average molecular weight is 488 g/mol. The number of halogens is 4. The Labute approximate surface area is 195 Å². The van der Waals surface area contributed by atoms with E-state index in [9.17, 15) is 27.2 Å². The molecule has 0 radical (unpaired) electrons. The third-order valence-corrected chi connectivity index (χ3v) is 4.91. The summed E-state index contributed by atoms with van der Waals surface area (Å²) >= 11 is 0. The maximum atomic E-state index is 13.9. The molecule has 6 nitrogen and oxygen atoms in total. The van der Waals surface area contributed by atoms with Gasteiger partial charge < -0.3 is 18.6 Å². The molecule has 180 valence electrons. The van der Waals surface area contributed by atoms with Crippen LogP contribution < -0.4 is 14.9 Å². The van der Waals surface area contributed by atoms with Crippen LogP contribution in [0.4, 0.5) is 17.6 Å². The number of alkyl halides is 3. The lowest BCUT2D eigenvalue weighted by atomic mass is 10.1. The molecule has 35 heavy (non-hydrogen) atoms. The Kier molecular flexibility index (Phi) is 6.46. The highest BCUT2D eigenvalue weighted by Gasteiger charge is 2.40. The van der Waals surface area contributed by atoms with Crippen LogP contribution in [0.3, 0.4) is 0 Å². The summed E-state index contributed by atoms with van der Waals surface area (Å²) in [5.41, 5.74) is -0.492. The minimum atomic E-state index is -5.09. The average Bonchev–Trinajstić information content (AvgIpc) is 2.84. The van der Waals surface area contributed by atoms with Gasteiger partial charge in [0.2, 0.25) is 11.2 Å². The quantitative estimate of drug-likeness (QED) is 0.241. The highest BCUT2D eigenvalue weighted by atomic mass is 19.4. The first kappa shape index (κ1) is 23.8. The Hall–Kier alpha value is -4.34. The van der Waals surface area contributed by atoms with Crippen LogP contribution in [0.2, 0.25) is 0 Å². The Balaban J connectivity index is 1.65. The summed E-state index contributed by atoms with van der Waals surface area (Å²) in [6, 6.07) is 14.8. The van der Waals surface area contributed by atoms with Gasteiger partial charge in [-0.25, -0.2) is 9.18 Å². The van der Waals surface area contributed by atoms with Crippen molar-refractivity contribution in [1.29, 1.82) is 0 Å². The molecular formula is C25H16F4O6. The number of methoxy groups -OCH3 is 1. The van der Waals surface area contributed by atoms with Crippen molar-refractivity contribution in [2.45, 2.75) is 12.8 Å². The highest BCUT2D eigenvalue weighted by Crippen LogP contribution is 2.39. The second-order valence-electron chi connectivity index (χ2n) is 7.25. The largest absolute Gasteiger partial charge is 0.489 e. The predicted molar refractivity (Wildman–Crippen MR) is 116 cm³/mol. The summed E-state index contributed by atoms with van der Waals surface area (Å²) < 4.78 is 75.2. The van der Waals surface area contributed by atoms with Gasteiger partial charge in [-0.05, 0) is 42.0 Å². The van der Waals surface area contributed by atoms with E-state index in [0.717, 1.165) is 18.2 Å². The Morgan fingerprint density at radius 2 is 1.71 bits per heavy atom. The first-order chi connectivity index (χ1) is 16.7. The third kappa shape index (κ3) is 5.11. The van der Waals surface area contributed by atoms with E-state index in [4.69, 9.17) is 13.9 Å². The molecule has 1 heterocycles. The number of esters is 1. The summed E-state index contributed by atoms with van der Waals surface area (Å²) in [5, 5.41) is -0.209. The molecule has 1 aromatic heterocycles. The molecular weight excluding hydrogens is 472 g/mol. The Morgan fingerprint density at radius 3 is 2.37 bits per heavy atom. The van der Waals surface area contributed by atoms with Crippen LogP contribution in [-0.4, -0.2) is 13.1 Å². The number of ether oxygens (including phenoxy) is 3. The summed E-state index contributed by atoms with van der Waals surface area (Å²) in [6.07, 6.45) is -5.09. The van der Waals surface area contributed by atoms with E-state index >= 15 is 0 Å². The topological polar surface area (TPSA) is 75.0 Å². The minimum absolute atomic E-state index is 0.0256. The van der Waals surface area contributed by atoms with Crippen LogP contribution in [0.25, 0.3) is 11.0 Å². The first-order valence-corrected chi connectivity index (χ1v) is 10.1. The van der Waals surface area contributed by atoms with Gasteiger partial charge >= 0.3 is 12.1 Å². The number of hydrogen-bond acceptors (Lipinski definition) is 6. The van der Waals surface area contributed by atoms with Gasteiger partial charge in [-0.1, -0.05) is 24.3 Å². The molecule has 0 bridgehead atoms. The van der Waals surface area contributed by atoms with Crippen molar-refractivity contribution in [3.8, 4) is 17.2 Å². The molecule has 0 saturated carbocycles. The zero-order chi connectivity index (χ0) is 25.2. The molecule has 0 spiro atoms. The number of fused-ring (bicyclic) bond motifs is 1. The Morgan fingerprint density at radius 1 is 1.00 bits per heavy atom. The molecule has 10 heteroatoms. The number of rotatable bonds is 6. The van der Waals surface area contributed by atoms with Gasteiger partial charge in [-0.2, -0.15) is 13.2 Å².